The largest absolute Gasteiger partial charge is 0.484 e. The number of nitrogens with zero attached hydrogens (tertiary/aromatic N) is 2. The van der Waals surface area contributed by atoms with Gasteiger partial charge in [-0.05, 0) is 93.7 Å². The number of hydrogen-bond acceptors (Lipinski definition) is 6. The SMILES string of the molecule is C.Nc1ccc(Cl)nc1C1=Cc2c(F)cccc2C1.Nc1ccc(Cl)nc1I.OB(O)C1=Cc2c(F)cccc2C1. The van der Waals surface area contributed by atoms with Gasteiger partial charge in [0, 0.05) is 17.5 Å². The number of rotatable bonds is 2. The van der Waals surface area contributed by atoms with Crippen LogP contribution >= 0.6 is 45.8 Å². The van der Waals surface area contributed by atoms with Crippen LogP contribution in [-0.2, 0) is 12.8 Å². The van der Waals surface area contributed by atoms with Crippen LogP contribution in [0.2, 0.25) is 10.3 Å². The standard InChI is InChI=1S/C14H10ClFN2.C9H8BFO2.C5H4ClIN2.CH4/c15-13-5-4-12(17)14(18-13)9-6-8-2-1-3-11(16)10(8)7-9;11-9-3-1-2-6-4-7(10(12)13)5-8(6)9;6-4-2-1-3(8)5(7)9-4;/h1-5,7H,6,17H2;1-3,5,12-13H,4H2;1-2H,8H2;1H4. The van der Waals surface area contributed by atoms with Crippen LogP contribution in [0.3, 0.4) is 0 Å². The summed E-state index contributed by atoms with van der Waals surface area (Å²) in [5.41, 5.74) is 17.4. The van der Waals surface area contributed by atoms with Crippen LogP contribution in [0.4, 0.5) is 20.2 Å². The molecule has 0 amide bonds. The molecule has 6 N–H and O–H groups in total. The van der Waals surface area contributed by atoms with Crippen molar-refractivity contribution in [2.45, 2.75) is 20.3 Å². The van der Waals surface area contributed by atoms with Gasteiger partial charge in [-0.1, -0.05) is 61.0 Å². The van der Waals surface area contributed by atoms with Crippen molar-refractivity contribution in [1.29, 1.82) is 0 Å². The third kappa shape index (κ3) is 8.05. The number of aromatic nitrogens is 2. The molecule has 2 heterocycles. The Hall–Kier alpha value is -3.03. The normalized spacial score (nSPS) is 12.4. The molecule has 0 radical (unpaired) electrons. The van der Waals surface area contributed by atoms with Gasteiger partial charge in [0.2, 0.25) is 0 Å². The van der Waals surface area contributed by atoms with Crippen LogP contribution in [0.15, 0.2) is 66.1 Å². The third-order valence-corrected chi connectivity index (χ3v) is 7.37. The summed E-state index contributed by atoms with van der Waals surface area (Å²) < 4.78 is 27.5. The van der Waals surface area contributed by atoms with E-state index in [-0.39, 0.29) is 19.1 Å². The van der Waals surface area contributed by atoms with E-state index in [4.69, 9.17) is 44.7 Å². The van der Waals surface area contributed by atoms with Gasteiger partial charge < -0.3 is 21.5 Å². The molecule has 0 saturated carbocycles. The van der Waals surface area contributed by atoms with Crippen molar-refractivity contribution in [3.05, 3.63) is 120 Å². The topological polar surface area (TPSA) is 118 Å². The smallest absolute Gasteiger partial charge is 0.423 e. The van der Waals surface area contributed by atoms with E-state index in [1.165, 1.54) is 18.2 Å². The zero-order valence-corrected chi connectivity index (χ0v) is 24.4. The quantitative estimate of drug-likeness (QED) is 0.102. The monoisotopic (exact) mass is 708 g/mol. The second kappa shape index (κ2) is 14.2. The molecule has 2 aliphatic carbocycles. The van der Waals surface area contributed by atoms with Crippen molar-refractivity contribution in [2.24, 2.45) is 0 Å². The molecule has 0 unspecified atom stereocenters. The van der Waals surface area contributed by atoms with Crippen molar-refractivity contribution in [3.63, 3.8) is 0 Å². The van der Waals surface area contributed by atoms with Crippen LogP contribution in [-0.4, -0.2) is 27.1 Å². The summed E-state index contributed by atoms with van der Waals surface area (Å²) in [6.45, 7) is 0. The van der Waals surface area contributed by atoms with Crippen molar-refractivity contribution in [3.8, 4) is 0 Å². The van der Waals surface area contributed by atoms with E-state index in [0.717, 1.165) is 20.4 Å². The number of halogens is 5. The summed E-state index contributed by atoms with van der Waals surface area (Å²) in [4.78, 5) is 8.12. The van der Waals surface area contributed by atoms with Gasteiger partial charge in [-0.15, -0.1) is 0 Å². The molecule has 212 valence electrons. The molecule has 6 rings (SSSR count). The molecule has 0 aliphatic heterocycles. The summed E-state index contributed by atoms with van der Waals surface area (Å²) in [5, 5.41) is 18.6. The molecule has 0 spiro atoms. The highest BCUT2D eigenvalue weighted by molar-refractivity contribution is 14.1. The van der Waals surface area contributed by atoms with Crippen LogP contribution in [0.25, 0.3) is 17.7 Å². The van der Waals surface area contributed by atoms with Crippen LogP contribution in [0.1, 0.15) is 35.4 Å². The van der Waals surface area contributed by atoms with E-state index in [1.807, 2.05) is 28.7 Å². The minimum absolute atomic E-state index is 0. The lowest BCUT2D eigenvalue weighted by Crippen LogP contribution is -2.14. The number of fused-ring (bicyclic) bond motifs is 2. The Bertz CT molecular complexity index is 1640. The summed E-state index contributed by atoms with van der Waals surface area (Å²) >= 11 is 13.4. The van der Waals surface area contributed by atoms with Gasteiger partial charge in [-0.25, -0.2) is 18.7 Å². The minimum Gasteiger partial charge on any atom is -0.423 e. The second-order valence-electron chi connectivity index (χ2n) is 8.83. The number of allylic oxidation sites excluding steroid dienone is 2. The van der Waals surface area contributed by atoms with Crippen molar-refractivity contribution in [1.82, 2.24) is 9.97 Å². The van der Waals surface area contributed by atoms with Crippen molar-refractivity contribution < 1.29 is 18.8 Å². The highest BCUT2D eigenvalue weighted by atomic mass is 127. The number of pyridine rings is 2. The van der Waals surface area contributed by atoms with Gasteiger partial charge in [-0.2, -0.15) is 0 Å². The van der Waals surface area contributed by atoms with Crippen molar-refractivity contribution >= 4 is 82.0 Å². The van der Waals surface area contributed by atoms with Crippen molar-refractivity contribution in [2.75, 3.05) is 11.5 Å². The lowest BCUT2D eigenvalue weighted by molar-refractivity contribution is 0.418. The molecule has 41 heavy (non-hydrogen) atoms. The fraction of sp³-hybridized carbons (Fsp3) is 0.103. The molecule has 2 aliphatic rings. The fourth-order valence-corrected chi connectivity index (χ4v) is 5.00. The highest BCUT2D eigenvalue weighted by Crippen LogP contribution is 2.34. The Morgan fingerprint density at radius 1 is 0.756 bits per heavy atom. The maximum Gasteiger partial charge on any atom is 0.484 e. The number of nitrogen functional groups attached to an aromatic ring is 2. The molecular weight excluding hydrogens is 683 g/mol. The molecule has 2 aromatic heterocycles. The van der Waals surface area contributed by atoms with Gasteiger partial charge >= 0.3 is 7.12 Å². The zero-order valence-electron chi connectivity index (χ0n) is 20.8. The first-order valence-electron chi connectivity index (χ1n) is 11.9. The van der Waals surface area contributed by atoms with E-state index >= 15 is 0 Å². The number of anilines is 2. The molecule has 4 aromatic rings. The molecule has 12 heteroatoms. The Morgan fingerprint density at radius 2 is 1.29 bits per heavy atom. The summed E-state index contributed by atoms with van der Waals surface area (Å²) in [5.74, 6) is -0.531. The average molecular weight is 709 g/mol. The second-order valence-corrected chi connectivity index (χ2v) is 10.6. The Morgan fingerprint density at radius 3 is 1.80 bits per heavy atom. The van der Waals surface area contributed by atoms with E-state index in [9.17, 15) is 8.78 Å². The first kappa shape index (κ1) is 32.5. The first-order valence-corrected chi connectivity index (χ1v) is 13.7. The Labute approximate surface area is 261 Å². The molecule has 0 saturated heterocycles. The number of nitrogens with two attached hydrogens (primary N) is 2. The van der Waals surface area contributed by atoms with Gasteiger partial charge in [0.1, 0.15) is 25.6 Å². The molecule has 6 nitrogen and oxygen atoms in total. The van der Waals surface area contributed by atoms with Crippen LogP contribution < -0.4 is 11.5 Å². The van der Waals surface area contributed by atoms with Gasteiger partial charge in [0.05, 0.1) is 17.1 Å². The highest BCUT2D eigenvalue weighted by Gasteiger charge is 2.23. The third-order valence-electron chi connectivity index (χ3n) is 6.08. The predicted molar refractivity (Wildman–Crippen MR) is 173 cm³/mol. The van der Waals surface area contributed by atoms with Gasteiger partial charge in [0.15, 0.2) is 0 Å². The lowest BCUT2D eigenvalue weighted by Gasteiger charge is -2.05. The van der Waals surface area contributed by atoms with E-state index < -0.39 is 7.12 Å². The maximum absolute atomic E-state index is 13.6. The number of benzene rings is 2. The molecular formula is C29H26BCl2F2IN4O2. The van der Waals surface area contributed by atoms with Gasteiger partial charge in [-0.3, -0.25) is 0 Å². The average Bonchev–Trinajstić information content (AvgIpc) is 3.55. The molecule has 0 bridgehead atoms. The minimum atomic E-state index is -1.48. The fourth-order valence-electron chi connectivity index (χ4n) is 4.13. The zero-order chi connectivity index (χ0) is 29.0. The summed E-state index contributed by atoms with van der Waals surface area (Å²) in [7, 11) is -1.48. The Balaban J connectivity index is 0.000000177. The molecule has 2 aromatic carbocycles. The predicted octanol–water partition coefficient (Wildman–Crippen LogP) is 6.89. The summed E-state index contributed by atoms with van der Waals surface area (Å²) in [6.07, 6.45) is 4.34. The number of hydrogen-bond donors (Lipinski definition) is 4. The van der Waals surface area contributed by atoms with E-state index in [1.54, 1.807) is 48.5 Å². The van der Waals surface area contributed by atoms with Gasteiger partial charge in [0.25, 0.3) is 0 Å². The van der Waals surface area contributed by atoms with Crippen LogP contribution in [0.5, 0.6) is 0 Å². The molecule has 0 fully saturated rings. The Kier molecular flexibility index (Phi) is 11.3. The van der Waals surface area contributed by atoms with Crippen LogP contribution in [0, 0.1) is 15.3 Å². The maximum atomic E-state index is 13.6. The first-order chi connectivity index (χ1) is 19.0. The van der Waals surface area contributed by atoms with E-state index in [2.05, 4.69) is 9.97 Å². The lowest BCUT2D eigenvalue weighted by atomic mass is 9.78. The molecule has 0 atom stereocenters. The van der Waals surface area contributed by atoms with E-state index in [0.29, 0.717) is 56.8 Å². The summed E-state index contributed by atoms with van der Waals surface area (Å²) in [6, 6.07) is 16.6.